The molecule has 0 heterocycles. The number of halogens is 1. The van der Waals surface area contributed by atoms with E-state index in [-0.39, 0.29) is 6.61 Å². The smallest absolute Gasteiger partial charge is 0.333 e. The van der Waals surface area contributed by atoms with E-state index < -0.39 is 5.97 Å². The molecule has 0 aromatic heterocycles. The molecule has 0 saturated heterocycles. The number of hydrogen-bond acceptors (Lipinski definition) is 7. The molecule has 0 aliphatic heterocycles. The Bertz CT molecular complexity index is 313. The SMILES string of the molecule is C=C(C)C(=O)OCCOCCOCCOCCOCCOCCCl. The van der Waals surface area contributed by atoms with Crippen LogP contribution in [-0.4, -0.2) is 84.5 Å². The Balaban J connectivity index is 3.05. The number of carbonyl (C=O) groups is 1. The first kappa shape index (κ1) is 23.3. The van der Waals surface area contributed by atoms with E-state index in [1.54, 1.807) is 6.92 Å². The lowest BCUT2D eigenvalue weighted by Crippen LogP contribution is -2.15. The summed E-state index contributed by atoms with van der Waals surface area (Å²) in [5.41, 5.74) is 0.378. The molecular formula is C16H29ClO7. The van der Waals surface area contributed by atoms with Gasteiger partial charge < -0.3 is 28.4 Å². The number of hydrogen-bond donors (Lipinski definition) is 0. The average molecular weight is 369 g/mol. The summed E-state index contributed by atoms with van der Waals surface area (Å²) < 4.78 is 31.2. The molecule has 0 rings (SSSR count). The highest BCUT2D eigenvalue weighted by Gasteiger charge is 2.01. The van der Waals surface area contributed by atoms with E-state index in [0.29, 0.717) is 77.5 Å². The molecule has 142 valence electrons. The molecular weight excluding hydrogens is 340 g/mol. The highest BCUT2D eigenvalue weighted by molar-refractivity contribution is 6.17. The van der Waals surface area contributed by atoms with E-state index in [9.17, 15) is 4.79 Å². The van der Waals surface area contributed by atoms with E-state index in [0.717, 1.165) is 0 Å². The molecule has 0 atom stereocenters. The van der Waals surface area contributed by atoms with E-state index in [1.165, 1.54) is 0 Å². The molecule has 0 aromatic rings. The van der Waals surface area contributed by atoms with Gasteiger partial charge in [0.2, 0.25) is 0 Å². The van der Waals surface area contributed by atoms with Crippen LogP contribution in [0.1, 0.15) is 6.92 Å². The third kappa shape index (κ3) is 17.7. The van der Waals surface area contributed by atoms with Gasteiger partial charge in [-0.15, -0.1) is 11.6 Å². The third-order valence-corrected chi connectivity index (χ3v) is 2.67. The number of rotatable bonds is 18. The topological polar surface area (TPSA) is 72.5 Å². The summed E-state index contributed by atoms with van der Waals surface area (Å²) in [6.07, 6.45) is 0. The van der Waals surface area contributed by atoms with E-state index in [2.05, 4.69) is 6.58 Å². The van der Waals surface area contributed by atoms with Gasteiger partial charge in [0, 0.05) is 11.5 Å². The number of ether oxygens (including phenoxy) is 6. The Morgan fingerprint density at radius 1 is 0.708 bits per heavy atom. The summed E-state index contributed by atoms with van der Waals surface area (Å²) in [5, 5.41) is 0. The van der Waals surface area contributed by atoms with Crippen LogP contribution in [0.15, 0.2) is 12.2 Å². The molecule has 0 radical (unpaired) electrons. The van der Waals surface area contributed by atoms with Gasteiger partial charge in [0.1, 0.15) is 6.61 Å². The van der Waals surface area contributed by atoms with Crippen LogP contribution < -0.4 is 0 Å². The van der Waals surface area contributed by atoms with E-state index >= 15 is 0 Å². The predicted molar refractivity (Wildman–Crippen MR) is 90.6 cm³/mol. The molecule has 0 fully saturated rings. The van der Waals surface area contributed by atoms with Gasteiger partial charge in [0.25, 0.3) is 0 Å². The Morgan fingerprint density at radius 2 is 1.04 bits per heavy atom. The molecule has 0 N–H and O–H groups in total. The average Bonchev–Trinajstić information content (AvgIpc) is 2.57. The van der Waals surface area contributed by atoms with Gasteiger partial charge in [0.15, 0.2) is 0 Å². The zero-order valence-electron chi connectivity index (χ0n) is 14.4. The lowest BCUT2D eigenvalue weighted by Gasteiger charge is -2.08. The quantitative estimate of drug-likeness (QED) is 0.157. The first-order chi connectivity index (χ1) is 11.7. The summed E-state index contributed by atoms with van der Waals surface area (Å²) in [4.78, 5) is 11.1. The minimum absolute atomic E-state index is 0.214. The molecule has 8 heteroatoms. The molecule has 0 amide bonds. The van der Waals surface area contributed by atoms with Gasteiger partial charge in [-0.2, -0.15) is 0 Å². The summed E-state index contributed by atoms with van der Waals surface area (Å²) in [7, 11) is 0. The molecule has 0 spiro atoms. The van der Waals surface area contributed by atoms with Crippen molar-refractivity contribution in [2.45, 2.75) is 6.92 Å². The summed E-state index contributed by atoms with van der Waals surface area (Å²) in [6, 6.07) is 0. The van der Waals surface area contributed by atoms with Gasteiger partial charge in [-0.25, -0.2) is 4.79 Å². The van der Waals surface area contributed by atoms with E-state index in [4.69, 9.17) is 40.0 Å². The Labute approximate surface area is 149 Å². The fourth-order valence-corrected chi connectivity index (χ4v) is 1.46. The third-order valence-electron chi connectivity index (χ3n) is 2.52. The van der Waals surface area contributed by atoms with Crippen molar-refractivity contribution in [3.8, 4) is 0 Å². The van der Waals surface area contributed by atoms with Crippen LogP contribution in [0.25, 0.3) is 0 Å². The Morgan fingerprint density at radius 3 is 1.38 bits per heavy atom. The summed E-state index contributed by atoms with van der Waals surface area (Å²) >= 11 is 5.46. The van der Waals surface area contributed by atoms with Crippen molar-refractivity contribution in [3.63, 3.8) is 0 Å². The van der Waals surface area contributed by atoms with E-state index in [1.807, 2.05) is 0 Å². The van der Waals surface area contributed by atoms with Crippen LogP contribution in [0.5, 0.6) is 0 Å². The minimum Gasteiger partial charge on any atom is -0.460 e. The summed E-state index contributed by atoms with van der Waals surface area (Å²) in [6.45, 7) is 10.2. The molecule has 0 aliphatic rings. The summed E-state index contributed by atoms with van der Waals surface area (Å²) in [5.74, 6) is 0.0927. The maximum Gasteiger partial charge on any atom is 0.333 e. The zero-order chi connectivity index (χ0) is 17.9. The number of esters is 1. The van der Waals surface area contributed by atoms with Crippen molar-refractivity contribution in [1.29, 1.82) is 0 Å². The second kappa shape index (κ2) is 18.6. The first-order valence-electron chi connectivity index (χ1n) is 7.95. The second-order valence-corrected chi connectivity index (χ2v) is 5.05. The predicted octanol–water partition coefficient (Wildman–Crippen LogP) is 1.43. The van der Waals surface area contributed by atoms with Gasteiger partial charge in [0.05, 0.1) is 66.1 Å². The first-order valence-corrected chi connectivity index (χ1v) is 8.49. The van der Waals surface area contributed by atoms with Crippen LogP contribution in [0, 0.1) is 0 Å². The van der Waals surface area contributed by atoms with Gasteiger partial charge in [-0.3, -0.25) is 0 Å². The molecule has 0 saturated carbocycles. The molecule has 0 bridgehead atoms. The molecule has 0 aliphatic carbocycles. The fraction of sp³-hybridized carbons (Fsp3) is 0.812. The van der Waals surface area contributed by atoms with Gasteiger partial charge >= 0.3 is 5.97 Å². The highest BCUT2D eigenvalue weighted by atomic mass is 35.5. The van der Waals surface area contributed by atoms with Crippen molar-refractivity contribution in [2.75, 3.05) is 78.6 Å². The molecule has 0 aromatic carbocycles. The standard InChI is InChI=1S/C16H29ClO7/c1-15(2)16(18)24-14-13-23-12-11-22-10-9-21-8-7-20-6-5-19-4-3-17/h1,3-14H2,2H3. The molecule has 7 nitrogen and oxygen atoms in total. The normalized spacial score (nSPS) is 10.8. The lowest BCUT2D eigenvalue weighted by molar-refractivity contribution is -0.140. The van der Waals surface area contributed by atoms with Crippen molar-refractivity contribution in [2.24, 2.45) is 0 Å². The Hall–Kier alpha value is -0.700. The van der Waals surface area contributed by atoms with Crippen molar-refractivity contribution < 1.29 is 33.2 Å². The molecule has 0 unspecified atom stereocenters. The van der Waals surface area contributed by atoms with Crippen molar-refractivity contribution in [1.82, 2.24) is 0 Å². The van der Waals surface area contributed by atoms with Gasteiger partial charge in [-0.1, -0.05) is 6.58 Å². The van der Waals surface area contributed by atoms with Crippen LogP contribution >= 0.6 is 11.6 Å². The maximum atomic E-state index is 11.1. The minimum atomic E-state index is -0.404. The lowest BCUT2D eigenvalue weighted by atomic mass is 10.4. The fourth-order valence-electron chi connectivity index (χ4n) is 1.35. The van der Waals surface area contributed by atoms with Gasteiger partial charge in [-0.05, 0) is 6.92 Å². The largest absolute Gasteiger partial charge is 0.460 e. The zero-order valence-corrected chi connectivity index (χ0v) is 15.2. The van der Waals surface area contributed by atoms with Crippen molar-refractivity contribution >= 4 is 17.6 Å². The highest BCUT2D eigenvalue weighted by Crippen LogP contribution is 1.91. The molecule has 24 heavy (non-hydrogen) atoms. The number of carbonyl (C=O) groups excluding carboxylic acids is 1. The maximum absolute atomic E-state index is 11.1. The van der Waals surface area contributed by atoms with Crippen molar-refractivity contribution in [3.05, 3.63) is 12.2 Å². The van der Waals surface area contributed by atoms with Crippen LogP contribution in [-0.2, 0) is 33.2 Å². The number of alkyl halides is 1. The monoisotopic (exact) mass is 368 g/mol. The Kier molecular flexibility index (Phi) is 18.1. The van der Waals surface area contributed by atoms with Crippen LogP contribution in [0.4, 0.5) is 0 Å². The van der Waals surface area contributed by atoms with Crippen LogP contribution in [0.2, 0.25) is 0 Å². The van der Waals surface area contributed by atoms with Crippen LogP contribution in [0.3, 0.4) is 0 Å². The second-order valence-electron chi connectivity index (χ2n) is 4.67.